The zero-order valence-corrected chi connectivity index (χ0v) is 18.5. The van der Waals surface area contributed by atoms with Gasteiger partial charge in [0.05, 0.1) is 6.54 Å². The van der Waals surface area contributed by atoms with E-state index in [1.54, 1.807) is 6.07 Å². The summed E-state index contributed by atoms with van der Waals surface area (Å²) in [6.07, 6.45) is 3.26. The highest BCUT2D eigenvalue weighted by Crippen LogP contribution is 2.48. The molecule has 1 atom stereocenters. The summed E-state index contributed by atoms with van der Waals surface area (Å²) in [5.74, 6) is 0.459. The Balaban J connectivity index is 1.37. The molecule has 0 bridgehead atoms. The van der Waals surface area contributed by atoms with Gasteiger partial charge in [-0.05, 0) is 61.9 Å². The molecular weight excluding hydrogens is 407 g/mol. The molecule has 1 saturated heterocycles. The molecule has 1 aliphatic carbocycles. The van der Waals surface area contributed by atoms with Gasteiger partial charge in [0.15, 0.2) is 5.96 Å². The van der Waals surface area contributed by atoms with Crippen molar-refractivity contribution in [2.75, 3.05) is 25.0 Å². The predicted molar refractivity (Wildman–Crippen MR) is 124 cm³/mol. The predicted octanol–water partition coefficient (Wildman–Crippen LogP) is 3.73. The highest BCUT2D eigenvalue weighted by molar-refractivity contribution is 5.94. The molecule has 0 radical (unpaired) electrons. The fourth-order valence-corrected chi connectivity index (χ4v) is 4.10. The molecule has 2 aromatic rings. The van der Waals surface area contributed by atoms with Crippen LogP contribution in [-0.4, -0.2) is 37.7 Å². The van der Waals surface area contributed by atoms with E-state index >= 15 is 0 Å². The molecule has 1 saturated carbocycles. The molecule has 1 heterocycles. The van der Waals surface area contributed by atoms with Crippen LogP contribution in [0.5, 0.6) is 0 Å². The molecule has 4 rings (SSSR count). The minimum atomic E-state index is -0.356. The molecule has 1 unspecified atom stereocenters. The first-order valence-electron chi connectivity index (χ1n) is 11.4. The minimum absolute atomic E-state index is 0.0963. The van der Waals surface area contributed by atoms with E-state index < -0.39 is 0 Å². The van der Waals surface area contributed by atoms with Crippen LogP contribution in [0.15, 0.2) is 53.5 Å². The number of carbonyl (C=O) groups is 1. The number of aliphatic imine (C=N–C) groups is 1. The van der Waals surface area contributed by atoms with Crippen LogP contribution in [0, 0.1) is 5.82 Å². The molecule has 1 amide bonds. The molecule has 3 N–H and O–H groups in total. The van der Waals surface area contributed by atoms with Gasteiger partial charge in [0.1, 0.15) is 11.9 Å². The molecule has 2 aromatic carbocycles. The Bertz CT molecular complexity index is 968. The summed E-state index contributed by atoms with van der Waals surface area (Å²) in [5, 5.41) is 9.59. The second-order valence-corrected chi connectivity index (χ2v) is 8.50. The molecule has 2 fully saturated rings. The van der Waals surface area contributed by atoms with Crippen molar-refractivity contribution in [1.82, 2.24) is 10.6 Å². The lowest BCUT2D eigenvalue weighted by atomic mass is 9.95. The summed E-state index contributed by atoms with van der Waals surface area (Å²) in [5.41, 5.74) is 2.35. The summed E-state index contributed by atoms with van der Waals surface area (Å²) in [4.78, 5) is 17.0. The number of nitrogens with one attached hydrogen (secondary N) is 3. The maximum absolute atomic E-state index is 14.3. The van der Waals surface area contributed by atoms with Crippen LogP contribution >= 0.6 is 0 Å². The average Bonchev–Trinajstić information content (AvgIpc) is 3.37. The Labute approximate surface area is 188 Å². The lowest BCUT2D eigenvalue weighted by molar-refractivity contribution is -0.124. The van der Waals surface area contributed by atoms with Gasteiger partial charge in [0, 0.05) is 30.8 Å². The Morgan fingerprint density at radius 3 is 2.75 bits per heavy atom. The minimum Gasteiger partial charge on any atom is -0.368 e. The highest BCUT2D eigenvalue weighted by Gasteiger charge is 2.45. The van der Waals surface area contributed by atoms with Crippen molar-refractivity contribution in [3.8, 4) is 0 Å². The van der Waals surface area contributed by atoms with E-state index in [1.807, 2.05) is 43.3 Å². The number of anilines is 1. The van der Waals surface area contributed by atoms with Crippen LogP contribution in [0.25, 0.3) is 0 Å². The number of carbonyl (C=O) groups excluding carboxylic acids is 1. The molecule has 2 aliphatic rings. The third-order valence-electron chi connectivity index (χ3n) is 6.07. The van der Waals surface area contributed by atoms with Gasteiger partial charge in [0.2, 0.25) is 0 Å². The van der Waals surface area contributed by atoms with Gasteiger partial charge in [0.25, 0.3) is 5.91 Å². The Kier molecular flexibility index (Phi) is 7.05. The average molecular weight is 439 g/mol. The van der Waals surface area contributed by atoms with Crippen molar-refractivity contribution >= 4 is 17.6 Å². The second-order valence-electron chi connectivity index (χ2n) is 8.50. The van der Waals surface area contributed by atoms with E-state index in [4.69, 9.17) is 9.73 Å². The zero-order valence-electron chi connectivity index (χ0n) is 18.5. The third kappa shape index (κ3) is 5.46. The van der Waals surface area contributed by atoms with Crippen molar-refractivity contribution in [1.29, 1.82) is 0 Å². The number of amides is 1. The van der Waals surface area contributed by atoms with Gasteiger partial charge in [-0.25, -0.2) is 9.38 Å². The molecule has 0 spiro atoms. The van der Waals surface area contributed by atoms with E-state index in [0.717, 1.165) is 49.0 Å². The van der Waals surface area contributed by atoms with Crippen molar-refractivity contribution in [2.24, 2.45) is 4.99 Å². The maximum Gasteiger partial charge on any atom is 0.253 e. The fourth-order valence-electron chi connectivity index (χ4n) is 4.10. The Morgan fingerprint density at radius 2 is 2.03 bits per heavy atom. The first-order chi connectivity index (χ1) is 15.6. The molecule has 32 heavy (non-hydrogen) atoms. The van der Waals surface area contributed by atoms with Gasteiger partial charge in [-0.15, -0.1) is 0 Å². The fraction of sp³-hybridized carbons (Fsp3) is 0.440. The number of benzene rings is 2. The lowest BCUT2D eigenvalue weighted by Gasteiger charge is -2.19. The van der Waals surface area contributed by atoms with Gasteiger partial charge in [-0.2, -0.15) is 0 Å². The number of hydrogen-bond acceptors (Lipinski definition) is 3. The number of rotatable bonds is 8. The summed E-state index contributed by atoms with van der Waals surface area (Å²) in [7, 11) is 0. The topological polar surface area (TPSA) is 74.8 Å². The first-order valence-corrected chi connectivity index (χ1v) is 11.4. The monoisotopic (exact) mass is 438 g/mol. The summed E-state index contributed by atoms with van der Waals surface area (Å²) >= 11 is 0. The van der Waals surface area contributed by atoms with Crippen molar-refractivity contribution < 1.29 is 13.9 Å². The summed E-state index contributed by atoms with van der Waals surface area (Å²) in [6.45, 7) is 4.49. The zero-order chi connectivity index (χ0) is 22.4. The summed E-state index contributed by atoms with van der Waals surface area (Å²) < 4.78 is 19.7. The number of hydrogen-bond donors (Lipinski definition) is 3. The van der Waals surface area contributed by atoms with Crippen LogP contribution in [0.2, 0.25) is 0 Å². The van der Waals surface area contributed by atoms with Crippen LogP contribution in [0.4, 0.5) is 10.1 Å². The second kappa shape index (κ2) is 10.1. The van der Waals surface area contributed by atoms with Gasteiger partial charge in [-0.1, -0.05) is 30.3 Å². The number of ether oxygens (including phenoxy) is 1. The van der Waals surface area contributed by atoms with Crippen LogP contribution in [0.1, 0.15) is 43.7 Å². The SMILES string of the molecule is CCNC(=NCc1cccc(NC(=O)C2CCCO2)c1)NCC1(c2ccccc2F)CC1. The van der Waals surface area contributed by atoms with Crippen molar-refractivity contribution in [3.63, 3.8) is 0 Å². The number of guanidine groups is 1. The van der Waals surface area contributed by atoms with Crippen LogP contribution < -0.4 is 16.0 Å². The van der Waals surface area contributed by atoms with Crippen LogP contribution in [0.3, 0.4) is 0 Å². The van der Waals surface area contributed by atoms with E-state index in [0.29, 0.717) is 25.7 Å². The standard InChI is InChI=1S/C25H31FN4O2/c1-2-27-24(29-17-25(12-13-25)20-9-3-4-10-21(20)26)28-16-18-7-5-8-19(15-18)30-23(31)22-11-6-14-32-22/h3-5,7-10,15,22H,2,6,11-14,16-17H2,1H3,(H,30,31)(H2,27,28,29). The first kappa shape index (κ1) is 22.3. The largest absolute Gasteiger partial charge is 0.368 e. The van der Waals surface area contributed by atoms with E-state index in [2.05, 4.69) is 16.0 Å². The van der Waals surface area contributed by atoms with E-state index in [-0.39, 0.29) is 23.2 Å². The lowest BCUT2D eigenvalue weighted by Crippen LogP contribution is -2.41. The van der Waals surface area contributed by atoms with Gasteiger partial charge < -0.3 is 20.7 Å². The molecule has 6 nitrogen and oxygen atoms in total. The quantitative estimate of drug-likeness (QED) is 0.434. The van der Waals surface area contributed by atoms with E-state index in [1.165, 1.54) is 6.07 Å². The van der Waals surface area contributed by atoms with Crippen LogP contribution in [-0.2, 0) is 21.5 Å². The number of nitrogens with zero attached hydrogens (tertiary/aromatic N) is 1. The molecule has 0 aromatic heterocycles. The number of halogens is 1. The smallest absolute Gasteiger partial charge is 0.253 e. The third-order valence-corrected chi connectivity index (χ3v) is 6.07. The molecule has 170 valence electrons. The Hall–Kier alpha value is -2.93. The van der Waals surface area contributed by atoms with Gasteiger partial charge >= 0.3 is 0 Å². The molecular formula is C25H31FN4O2. The Morgan fingerprint density at radius 1 is 1.19 bits per heavy atom. The summed E-state index contributed by atoms with van der Waals surface area (Å²) in [6, 6.07) is 14.7. The molecule has 1 aliphatic heterocycles. The maximum atomic E-state index is 14.3. The van der Waals surface area contributed by atoms with Crippen molar-refractivity contribution in [2.45, 2.75) is 50.7 Å². The van der Waals surface area contributed by atoms with Crippen molar-refractivity contribution in [3.05, 3.63) is 65.5 Å². The highest BCUT2D eigenvalue weighted by atomic mass is 19.1. The van der Waals surface area contributed by atoms with E-state index in [9.17, 15) is 9.18 Å². The van der Waals surface area contributed by atoms with Gasteiger partial charge in [-0.3, -0.25) is 4.79 Å². The normalized spacial score (nSPS) is 19.4. The molecule has 7 heteroatoms.